The second-order valence-corrected chi connectivity index (χ2v) is 4.43. The highest BCUT2D eigenvalue weighted by molar-refractivity contribution is 5.62. The Kier molecular flexibility index (Phi) is 5.00. The second kappa shape index (κ2) is 7.13. The number of azo groups is 1. The van der Waals surface area contributed by atoms with Gasteiger partial charge < -0.3 is 9.47 Å². The average Bonchev–Trinajstić information content (AvgIpc) is 2.59. The van der Waals surface area contributed by atoms with E-state index in [1.54, 1.807) is 18.2 Å². The summed E-state index contributed by atoms with van der Waals surface area (Å²) in [6.45, 7) is 0. The third kappa shape index (κ3) is 3.61. The second-order valence-electron chi connectivity index (χ2n) is 4.43. The number of ether oxygens (including phenoxy) is 2. The maximum Gasteiger partial charge on any atom is 0.303 e. The van der Waals surface area contributed by atoms with Gasteiger partial charge in [-0.15, -0.1) is 5.11 Å². The minimum atomic E-state index is -0.754. The van der Waals surface area contributed by atoms with Crippen molar-refractivity contribution in [2.75, 3.05) is 14.2 Å². The van der Waals surface area contributed by atoms with Crippen LogP contribution in [0.15, 0.2) is 46.6 Å². The fourth-order valence-corrected chi connectivity index (χ4v) is 1.85. The number of nitrogens with zero attached hydrogens (tertiary/aromatic N) is 4. The Morgan fingerprint density at radius 2 is 1.58 bits per heavy atom. The molecule has 0 bridgehead atoms. The first-order chi connectivity index (χ1) is 11.5. The van der Waals surface area contributed by atoms with Gasteiger partial charge in [-0.25, -0.2) is 0 Å². The van der Waals surface area contributed by atoms with Crippen molar-refractivity contribution in [2.45, 2.75) is 0 Å². The van der Waals surface area contributed by atoms with E-state index in [4.69, 9.17) is 9.47 Å². The average molecular weight is 332 g/mol. The molecule has 0 radical (unpaired) electrons. The van der Waals surface area contributed by atoms with Crippen LogP contribution in [0.1, 0.15) is 0 Å². The maximum atomic E-state index is 11.0. The van der Waals surface area contributed by atoms with Crippen LogP contribution < -0.4 is 9.47 Å². The fraction of sp³-hybridized carbons (Fsp3) is 0.143. The van der Waals surface area contributed by atoms with Crippen LogP contribution in [-0.2, 0) is 0 Å². The highest BCUT2D eigenvalue weighted by Crippen LogP contribution is 2.34. The summed E-state index contributed by atoms with van der Waals surface area (Å²) >= 11 is 0. The molecule has 10 heteroatoms. The summed E-state index contributed by atoms with van der Waals surface area (Å²) in [5.74, 6) is 0.921. The van der Waals surface area contributed by atoms with Crippen molar-refractivity contribution < 1.29 is 19.3 Å². The molecule has 0 saturated carbocycles. The molecule has 0 unspecified atom stereocenters. The van der Waals surface area contributed by atoms with Crippen molar-refractivity contribution in [2.24, 2.45) is 10.2 Å². The van der Waals surface area contributed by atoms with E-state index in [1.807, 2.05) is 0 Å². The van der Waals surface area contributed by atoms with Gasteiger partial charge in [-0.1, -0.05) is 0 Å². The third-order valence-electron chi connectivity index (χ3n) is 3.01. The number of methoxy groups -OCH3 is 2. The van der Waals surface area contributed by atoms with E-state index in [9.17, 15) is 20.2 Å². The van der Waals surface area contributed by atoms with Crippen LogP contribution in [-0.4, -0.2) is 24.1 Å². The number of rotatable bonds is 6. The van der Waals surface area contributed by atoms with Gasteiger partial charge in [0.25, 0.3) is 5.69 Å². The SMILES string of the molecule is COc1ccc(N=Nc2ccc([N+](=O)[O-])cc2[N+](=O)[O-])cc1OC. The van der Waals surface area contributed by atoms with Crippen LogP contribution in [0.3, 0.4) is 0 Å². The van der Waals surface area contributed by atoms with Crippen LogP contribution in [0.4, 0.5) is 22.7 Å². The van der Waals surface area contributed by atoms with Crippen molar-refractivity contribution in [1.82, 2.24) is 0 Å². The largest absolute Gasteiger partial charge is 0.493 e. The summed E-state index contributed by atoms with van der Waals surface area (Å²) in [7, 11) is 2.94. The van der Waals surface area contributed by atoms with Crippen molar-refractivity contribution in [3.8, 4) is 11.5 Å². The molecule has 0 aliphatic carbocycles. The summed E-state index contributed by atoms with van der Waals surface area (Å²) in [6, 6.07) is 7.86. The Hall–Kier alpha value is -3.56. The van der Waals surface area contributed by atoms with E-state index in [-0.39, 0.29) is 5.69 Å². The Morgan fingerprint density at radius 3 is 2.17 bits per heavy atom. The maximum absolute atomic E-state index is 11.0. The Balaban J connectivity index is 2.38. The van der Waals surface area contributed by atoms with Crippen LogP contribution in [0.5, 0.6) is 11.5 Å². The van der Waals surface area contributed by atoms with Gasteiger partial charge in [0, 0.05) is 12.1 Å². The summed E-state index contributed by atoms with van der Waals surface area (Å²) in [4.78, 5) is 20.3. The minimum absolute atomic E-state index is 0.0969. The van der Waals surface area contributed by atoms with Crippen molar-refractivity contribution in [1.29, 1.82) is 0 Å². The highest BCUT2D eigenvalue weighted by atomic mass is 16.6. The number of non-ortho nitro benzene ring substituents is 1. The van der Waals surface area contributed by atoms with Crippen LogP contribution in [0.2, 0.25) is 0 Å². The molecule has 0 aliphatic heterocycles. The molecule has 0 amide bonds. The standard InChI is InChI=1S/C14H12N4O6/c1-23-13-6-3-9(7-14(13)24-2)15-16-11-5-4-10(17(19)20)8-12(11)18(21)22/h3-8H,1-2H3. The predicted molar refractivity (Wildman–Crippen MR) is 83.5 cm³/mol. The predicted octanol–water partition coefficient (Wildman–Crippen LogP) is 3.94. The topological polar surface area (TPSA) is 129 Å². The lowest BCUT2D eigenvalue weighted by Crippen LogP contribution is -1.92. The Bertz CT molecular complexity index is 821. The summed E-state index contributed by atoms with van der Waals surface area (Å²) in [5, 5.41) is 29.4. The van der Waals surface area contributed by atoms with Crippen molar-refractivity contribution in [3.63, 3.8) is 0 Å². The first kappa shape index (κ1) is 16.8. The van der Waals surface area contributed by atoms with E-state index >= 15 is 0 Å². The number of hydrogen-bond acceptors (Lipinski definition) is 8. The van der Waals surface area contributed by atoms with E-state index in [2.05, 4.69) is 10.2 Å². The zero-order valence-corrected chi connectivity index (χ0v) is 12.7. The van der Waals surface area contributed by atoms with Gasteiger partial charge >= 0.3 is 5.69 Å². The molecular weight excluding hydrogens is 320 g/mol. The quantitative estimate of drug-likeness (QED) is 0.447. The molecule has 2 aromatic rings. The van der Waals surface area contributed by atoms with E-state index in [0.29, 0.717) is 17.2 Å². The zero-order valence-electron chi connectivity index (χ0n) is 12.7. The normalized spacial score (nSPS) is 10.6. The molecule has 2 rings (SSSR count). The lowest BCUT2D eigenvalue weighted by Gasteiger charge is -2.06. The molecule has 0 spiro atoms. The Labute approximate surface area is 135 Å². The zero-order chi connectivity index (χ0) is 17.7. The number of hydrogen-bond donors (Lipinski definition) is 0. The monoisotopic (exact) mass is 332 g/mol. The van der Waals surface area contributed by atoms with Crippen LogP contribution in [0, 0.1) is 20.2 Å². The smallest absolute Gasteiger partial charge is 0.303 e. The van der Waals surface area contributed by atoms with E-state index in [0.717, 1.165) is 12.1 Å². The van der Waals surface area contributed by atoms with Crippen LogP contribution >= 0.6 is 0 Å². The van der Waals surface area contributed by atoms with Gasteiger partial charge in [-0.3, -0.25) is 20.2 Å². The molecule has 0 saturated heterocycles. The molecule has 24 heavy (non-hydrogen) atoms. The lowest BCUT2D eigenvalue weighted by molar-refractivity contribution is -0.393. The van der Waals surface area contributed by atoms with E-state index < -0.39 is 21.2 Å². The summed E-state index contributed by atoms with van der Waals surface area (Å²) in [5.41, 5.74) is -0.624. The van der Waals surface area contributed by atoms with Gasteiger partial charge in [-0.2, -0.15) is 5.11 Å². The Morgan fingerprint density at radius 1 is 0.875 bits per heavy atom. The van der Waals surface area contributed by atoms with Gasteiger partial charge in [0.2, 0.25) is 0 Å². The minimum Gasteiger partial charge on any atom is -0.493 e. The number of nitro groups is 2. The van der Waals surface area contributed by atoms with Gasteiger partial charge in [-0.05, 0) is 18.2 Å². The van der Waals surface area contributed by atoms with Gasteiger partial charge in [0.15, 0.2) is 17.2 Å². The fourth-order valence-electron chi connectivity index (χ4n) is 1.85. The van der Waals surface area contributed by atoms with Crippen molar-refractivity contribution in [3.05, 3.63) is 56.6 Å². The van der Waals surface area contributed by atoms with Gasteiger partial charge in [0.05, 0.1) is 35.8 Å². The summed E-state index contributed by atoms with van der Waals surface area (Å²) < 4.78 is 10.2. The molecule has 10 nitrogen and oxygen atoms in total. The first-order valence-corrected chi connectivity index (χ1v) is 6.53. The third-order valence-corrected chi connectivity index (χ3v) is 3.01. The molecule has 0 N–H and O–H groups in total. The molecule has 0 aliphatic rings. The summed E-state index contributed by atoms with van der Waals surface area (Å²) in [6.07, 6.45) is 0. The molecule has 0 aromatic heterocycles. The molecule has 0 fully saturated rings. The number of benzene rings is 2. The molecular formula is C14H12N4O6. The lowest BCUT2D eigenvalue weighted by atomic mass is 10.2. The molecule has 124 valence electrons. The van der Waals surface area contributed by atoms with Gasteiger partial charge in [0.1, 0.15) is 0 Å². The van der Waals surface area contributed by atoms with E-state index in [1.165, 1.54) is 20.3 Å². The molecule has 2 aromatic carbocycles. The first-order valence-electron chi connectivity index (χ1n) is 6.53. The molecule has 0 heterocycles. The number of nitro benzene ring substituents is 2. The van der Waals surface area contributed by atoms with Crippen molar-refractivity contribution >= 4 is 22.7 Å². The van der Waals surface area contributed by atoms with Crippen LogP contribution in [0.25, 0.3) is 0 Å². The highest BCUT2D eigenvalue weighted by Gasteiger charge is 2.19. The molecule has 0 atom stereocenters.